The van der Waals surface area contributed by atoms with Crippen molar-refractivity contribution in [2.75, 3.05) is 26.2 Å². The van der Waals surface area contributed by atoms with Gasteiger partial charge in [-0.2, -0.15) is 0 Å². The van der Waals surface area contributed by atoms with Gasteiger partial charge in [0, 0.05) is 42.3 Å². The highest BCUT2D eigenvalue weighted by molar-refractivity contribution is 9.10. The van der Waals surface area contributed by atoms with E-state index in [4.69, 9.17) is 5.73 Å². The van der Waals surface area contributed by atoms with Crippen molar-refractivity contribution in [3.05, 3.63) is 40.1 Å². The van der Waals surface area contributed by atoms with Crippen molar-refractivity contribution in [1.29, 1.82) is 0 Å². The molecule has 0 aromatic heterocycles. The fourth-order valence-electron chi connectivity index (χ4n) is 2.27. The number of carbonyl (C=O) groups excluding carboxylic acids is 2. The minimum Gasteiger partial charge on any atom is -0.351 e. The van der Waals surface area contributed by atoms with Gasteiger partial charge in [0.2, 0.25) is 5.91 Å². The highest BCUT2D eigenvalue weighted by Gasteiger charge is 2.19. The van der Waals surface area contributed by atoms with E-state index in [1.165, 1.54) is 23.1 Å². The molecule has 0 aliphatic carbocycles. The summed E-state index contributed by atoms with van der Waals surface area (Å²) in [4.78, 5) is 26.5. The molecule has 1 aliphatic heterocycles. The summed E-state index contributed by atoms with van der Waals surface area (Å²) in [5.41, 5.74) is 5.59. The van der Waals surface area contributed by atoms with Crippen LogP contribution in [0.1, 0.15) is 12.0 Å². The van der Waals surface area contributed by atoms with E-state index in [0.717, 1.165) is 4.47 Å². The predicted molar refractivity (Wildman–Crippen MR) is 85.5 cm³/mol. The Kier molecular flexibility index (Phi) is 5.54. The lowest BCUT2D eigenvalue weighted by Crippen LogP contribution is -2.39. The third kappa shape index (κ3) is 4.30. The van der Waals surface area contributed by atoms with E-state index in [-0.39, 0.29) is 11.7 Å². The van der Waals surface area contributed by atoms with Gasteiger partial charge >= 0.3 is 6.03 Å². The first kappa shape index (κ1) is 16.5. The van der Waals surface area contributed by atoms with E-state index < -0.39 is 6.03 Å². The van der Waals surface area contributed by atoms with Gasteiger partial charge in [-0.1, -0.05) is 15.9 Å². The topological polar surface area (TPSA) is 66.6 Å². The molecule has 1 aromatic carbocycles. The first-order valence-electron chi connectivity index (χ1n) is 6.94. The highest BCUT2D eigenvalue weighted by Crippen LogP contribution is 2.17. The van der Waals surface area contributed by atoms with E-state index in [1.54, 1.807) is 17.0 Å². The monoisotopic (exact) mass is 369 g/mol. The minimum absolute atomic E-state index is 0.203. The normalized spacial score (nSPS) is 15.9. The zero-order valence-corrected chi connectivity index (χ0v) is 13.6. The van der Waals surface area contributed by atoms with Crippen LogP contribution in [0.3, 0.4) is 0 Å². The SMILES string of the molecule is NC(=O)N1CCCN(C(=O)/C=C/c2cc(Br)ccc2F)CC1. The summed E-state index contributed by atoms with van der Waals surface area (Å²) in [6.45, 7) is 1.93. The maximum atomic E-state index is 13.6. The number of hydrogen-bond acceptors (Lipinski definition) is 2. The Balaban J connectivity index is 2.01. The maximum absolute atomic E-state index is 13.6. The van der Waals surface area contributed by atoms with E-state index in [1.807, 2.05) is 0 Å². The number of nitrogens with two attached hydrogens (primary N) is 1. The molecule has 0 spiro atoms. The number of hydrogen-bond donors (Lipinski definition) is 1. The summed E-state index contributed by atoms with van der Waals surface area (Å²) in [7, 11) is 0. The molecule has 2 rings (SSSR count). The van der Waals surface area contributed by atoms with Crippen LogP contribution in [0, 0.1) is 5.82 Å². The number of carbonyl (C=O) groups is 2. The largest absolute Gasteiger partial charge is 0.351 e. The van der Waals surface area contributed by atoms with Crippen molar-refractivity contribution >= 4 is 33.9 Å². The summed E-state index contributed by atoms with van der Waals surface area (Å²) < 4.78 is 14.4. The molecule has 5 nitrogen and oxygen atoms in total. The smallest absolute Gasteiger partial charge is 0.314 e. The molecular weight excluding hydrogens is 353 g/mol. The number of urea groups is 1. The van der Waals surface area contributed by atoms with Crippen LogP contribution in [0.5, 0.6) is 0 Å². The number of amides is 3. The zero-order chi connectivity index (χ0) is 16.1. The minimum atomic E-state index is -0.471. The third-order valence-electron chi connectivity index (χ3n) is 3.48. The van der Waals surface area contributed by atoms with Crippen LogP contribution >= 0.6 is 15.9 Å². The molecule has 2 N–H and O–H groups in total. The fraction of sp³-hybridized carbons (Fsp3) is 0.333. The van der Waals surface area contributed by atoms with Crippen LogP contribution in [0.4, 0.5) is 9.18 Å². The Morgan fingerprint density at radius 3 is 2.59 bits per heavy atom. The molecule has 0 radical (unpaired) electrons. The van der Waals surface area contributed by atoms with Crippen LogP contribution in [0.15, 0.2) is 28.7 Å². The quantitative estimate of drug-likeness (QED) is 0.812. The predicted octanol–water partition coefficient (Wildman–Crippen LogP) is 2.21. The molecule has 1 aliphatic rings. The number of rotatable bonds is 2. The second kappa shape index (κ2) is 7.40. The van der Waals surface area contributed by atoms with Gasteiger partial charge in [-0.05, 0) is 30.7 Å². The van der Waals surface area contributed by atoms with Gasteiger partial charge in [0.15, 0.2) is 0 Å². The zero-order valence-electron chi connectivity index (χ0n) is 12.0. The summed E-state index contributed by atoms with van der Waals surface area (Å²) in [5, 5.41) is 0. The van der Waals surface area contributed by atoms with Crippen LogP contribution in [-0.4, -0.2) is 47.9 Å². The van der Waals surface area contributed by atoms with Crippen LogP contribution < -0.4 is 5.73 Å². The summed E-state index contributed by atoms with van der Waals surface area (Å²) >= 11 is 3.27. The van der Waals surface area contributed by atoms with E-state index in [9.17, 15) is 14.0 Å². The molecule has 118 valence electrons. The van der Waals surface area contributed by atoms with Gasteiger partial charge < -0.3 is 15.5 Å². The average Bonchev–Trinajstić information content (AvgIpc) is 2.74. The number of nitrogens with zero attached hydrogens (tertiary/aromatic N) is 2. The Hall–Kier alpha value is -1.89. The lowest BCUT2D eigenvalue weighted by atomic mass is 10.2. The number of benzene rings is 1. The molecule has 3 amide bonds. The van der Waals surface area contributed by atoms with E-state index >= 15 is 0 Å². The molecule has 22 heavy (non-hydrogen) atoms. The van der Waals surface area contributed by atoms with E-state index in [2.05, 4.69) is 15.9 Å². The summed E-state index contributed by atoms with van der Waals surface area (Å²) in [6, 6.07) is 4.07. The van der Waals surface area contributed by atoms with Gasteiger partial charge in [0.25, 0.3) is 0 Å². The van der Waals surface area contributed by atoms with Crippen molar-refractivity contribution in [2.45, 2.75) is 6.42 Å². The van der Waals surface area contributed by atoms with Crippen LogP contribution in [-0.2, 0) is 4.79 Å². The molecule has 1 aromatic rings. The second-order valence-electron chi connectivity index (χ2n) is 5.00. The lowest BCUT2D eigenvalue weighted by Gasteiger charge is -2.19. The molecule has 0 unspecified atom stereocenters. The summed E-state index contributed by atoms with van der Waals surface area (Å²) in [5.74, 6) is -0.589. The van der Waals surface area contributed by atoms with Crippen molar-refractivity contribution in [3.63, 3.8) is 0 Å². The molecule has 0 saturated carbocycles. The van der Waals surface area contributed by atoms with Crippen molar-refractivity contribution in [2.24, 2.45) is 5.73 Å². The molecule has 1 saturated heterocycles. The average molecular weight is 370 g/mol. The molecule has 0 bridgehead atoms. The second-order valence-corrected chi connectivity index (χ2v) is 5.92. The lowest BCUT2D eigenvalue weighted by molar-refractivity contribution is -0.125. The molecule has 1 heterocycles. The first-order chi connectivity index (χ1) is 10.5. The van der Waals surface area contributed by atoms with Gasteiger partial charge in [0.1, 0.15) is 5.82 Å². The highest BCUT2D eigenvalue weighted by atomic mass is 79.9. The van der Waals surface area contributed by atoms with Crippen LogP contribution in [0.2, 0.25) is 0 Å². The standard InChI is InChI=1S/C15H17BrFN3O2/c16-12-3-4-13(17)11(10-12)2-5-14(21)19-6-1-7-20(9-8-19)15(18)22/h2-5,10H,1,6-9H2,(H2,18,22)/b5-2+. The van der Waals surface area contributed by atoms with Gasteiger partial charge in [-0.15, -0.1) is 0 Å². The maximum Gasteiger partial charge on any atom is 0.314 e. The third-order valence-corrected chi connectivity index (χ3v) is 3.98. The Morgan fingerprint density at radius 1 is 1.18 bits per heavy atom. The van der Waals surface area contributed by atoms with Gasteiger partial charge in [0.05, 0.1) is 0 Å². The van der Waals surface area contributed by atoms with Crippen molar-refractivity contribution in [1.82, 2.24) is 9.80 Å². The molecule has 1 fully saturated rings. The molecule has 7 heteroatoms. The van der Waals surface area contributed by atoms with Crippen molar-refractivity contribution < 1.29 is 14.0 Å². The van der Waals surface area contributed by atoms with Gasteiger partial charge in [-0.3, -0.25) is 4.79 Å². The Morgan fingerprint density at radius 2 is 1.86 bits per heavy atom. The molecule has 0 atom stereocenters. The summed E-state index contributed by atoms with van der Waals surface area (Å²) in [6.07, 6.45) is 3.48. The van der Waals surface area contributed by atoms with E-state index in [0.29, 0.717) is 38.2 Å². The Bertz CT molecular complexity index is 606. The number of primary amides is 1. The fourth-order valence-corrected chi connectivity index (χ4v) is 2.65. The van der Waals surface area contributed by atoms with Crippen molar-refractivity contribution in [3.8, 4) is 0 Å². The number of halogens is 2. The van der Waals surface area contributed by atoms with Gasteiger partial charge in [-0.25, -0.2) is 9.18 Å². The molecular formula is C15H17BrFN3O2. The van der Waals surface area contributed by atoms with Crippen LogP contribution in [0.25, 0.3) is 6.08 Å². The Labute approximate surface area is 136 Å². The first-order valence-corrected chi connectivity index (χ1v) is 7.73.